The molecule has 0 aliphatic carbocycles. The van der Waals surface area contributed by atoms with Crippen LogP contribution in [0.15, 0.2) is 27.1 Å². The van der Waals surface area contributed by atoms with E-state index < -0.39 is 5.97 Å². The van der Waals surface area contributed by atoms with Crippen LogP contribution in [0.4, 0.5) is 0 Å². The van der Waals surface area contributed by atoms with Crippen molar-refractivity contribution in [2.45, 2.75) is 12.8 Å². The second-order valence-corrected chi connectivity index (χ2v) is 4.71. The van der Waals surface area contributed by atoms with Gasteiger partial charge in [-0.1, -0.05) is 31.9 Å². The lowest BCUT2D eigenvalue weighted by molar-refractivity contribution is -0.136. The molecule has 1 aromatic rings. The van der Waals surface area contributed by atoms with Crippen molar-refractivity contribution >= 4 is 43.6 Å². The van der Waals surface area contributed by atoms with Gasteiger partial charge in [-0.15, -0.1) is 0 Å². The summed E-state index contributed by atoms with van der Waals surface area (Å²) in [5, 5.41) is 8.46. The minimum Gasteiger partial charge on any atom is -0.481 e. The highest BCUT2D eigenvalue weighted by Gasteiger charge is 2.11. The Morgan fingerprint density at radius 1 is 1.20 bits per heavy atom. The number of Topliss-reactive ketones (excluding diaryl/α,β-unsaturated/α-hetero) is 1. The fraction of sp³-hybridized carbons (Fsp3) is 0.200. The molecule has 80 valence electrons. The lowest BCUT2D eigenvalue weighted by Crippen LogP contribution is -2.04. The Bertz CT molecular complexity index is 402. The standard InChI is InChI=1S/C10H8Br2O3/c11-6-1-2-8(12)7(5-6)9(13)3-4-10(14)15/h1-2,5H,3-4H2,(H,14,15). The van der Waals surface area contributed by atoms with Gasteiger partial charge in [0.25, 0.3) is 0 Å². The van der Waals surface area contributed by atoms with Crippen LogP contribution >= 0.6 is 31.9 Å². The quantitative estimate of drug-likeness (QED) is 0.859. The zero-order valence-corrected chi connectivity index (χ0v) is 10.8. The molecule has 1 N–H and O–H groups in total. The lowest BCUT2D eigenvalue weighted by Gasteiger charge is -2.03. The maximum Gasteiger partial charge on any atom is 0.303 e. The number of ketones is 1. The van der Waals surface area contributed by atoms with Gasteiger partial charge in [-0.3, -0.25) is 9.59 Å². The van der Waals surface area contributed by atoms with Crippen molar-refractivity contribution in [2.75, 3.05) is 0 Å². The number of carboxylic acid groups (broad SMARTS) is 1. The molecule has 0 saturated heterocycles. The van der Waals surface area contributed by atoms with Crippen LogP contribution in [0.2, 0.25) is 0 Å². The monoisotopic (exact) mass is 334 g/mol. The molecule has 0 bridgehead atoms. The van der Waals surface area contributed by atoms with E-state index in [-0.39, 0.29) is 18.6 Å². The summed E-state index contributed by atoms with van der Waals surface area (Å²) in [5.74, 6) is -1.14. The lowest BCUT2D eigenvalue weighted by atomic mass is 10.1. The minimum atomic E-state index is -0.963. The maximum absolute atomic E-state index is 11.6. The Hall–Kier alpha value is -0.680. The molecule has 0 heterocycles. The van der Waals surface area contributed by atoms with Crippen molar-refractivity contribution in [1.29, 1.82) is 0 Å². The highest BCUT2D eigenvalue weighted by atomic mass is 79.9. The first-order valence-corrected chi connectivity index (χ1v) is 5.79. The molecule has 15 heavy (non-hydrogen) atoms. The SMILES string of the molecule is O=C(O)CCC(=O)c1cc(Br)ccc1Br. The van der Waals surface area contributed by atoms with E-state index in [1.54, 1.807) is 18.2 Å². The van der Waals surface area contributed by atoms with Crippen LogP contribution in [0.25, 0.3) is 0 Å². The highest BCUT2D eigenvalue weighted by molar-refractivity contribution is 9.11. The number of hydrogen-bond acceptors (Lipinski definition) is 2. The number of carbonyl (C=O) groups is 2. The molecule has 0 radical (unpaired) electrons. The molecule has 0 saturated carbocycles. The smallest absolute Gasteiger partial charge is 0.303 e. The van der Waals surface area contributed by atoms with E-state index in [9.17, 15) is 9.59 Å². The topological polar surface area (TPSA) is 54.4 Å². The molecule has 0 aliphatic rings. The zero-order valence-electron chi connectivity index (χ0n) is 7.67. The average molecular weight is 336 g/mol. The number of halogens is 2. The first-order chi connectivity index (χ1) is 7.00. The Morgan fingerprint density at radius 3 is 2.47 bits per heavy atom. The third-order valence-corrected chi connectivity index (χ3v) is 2.98. The van der Waals surface area contributed by atoms with Gasteiger partial charge in [0, 0.05) is 20.9 Å². The summed E-state index contributed by atoms with van der Waals surface area (Å²) >= 11 is 6.50. The third-order valence-electron chi connectivity index (χ3n) is 1.79. The molecule has 0 aromatic heterocycles. The number of benzene rings is 1. The first kappa shape index (κ1) is 12.4. The van der Waals surface area contributed by atoms with Gasteiger partial charge in [0.15, 0.2) is 5.78 Å². The number of carboxylic acids is 1. The third kappa shape index (κ3) is 3.76. The first-order valence-electron chi connectivity index (χ1n) is 4.20. The maximum atomic E-state index is 11.6. The second kappa shape index (κ2) is 5.42. The Labute approximate surface area is 104 Å². The molecular weight excluding hydrogens is 328 g/mol. The van der Waals surface area contributed by atoms with Gasteiger partial charge in [-0.2, -0.15) is 0 Å². The fourth-order valence-electron chi connectivity index (χ4n) is 1.07. The van der Waals surface area contributed by atoms with E-state index in [1.807, 2.05) is 0 Å². The number of rotatable bonds is 4. The van der Waals surface area contributed by atoms with Crippen molar-refractivity contribution < 1.29 is 14.7 Å². The molecule has 0 spiro atoms. The van der Waals surface area contributed by atoms with Crippen LogP contribution in [0.3, 0.4) is 0 Å². The van der Waals surface area contributed by atoms with Gasteiger partial charge in [0.2, 0.25) is 0 Å². The van der Waals surface area contributed by atoms with E-state index in [0.29, 0.717) is 10.0 Å². The van der Waals surface area contributed by atoms with Crippen LogP contribution in [0.1, 0.15) is 23.2 Å². The molecular formula is C10H8Br2O3. The van der Waals surface area contributed by atoms with Crippen LogP contribution in [0, 0.1) is 0 Å². The summed E-state index contributed by atoms with van der Waals surface area (Å²) in [6.07, 6.45) is -0.123. The largest absolute Gasteiger partial charge is 0.481 e. The number of carbonyl (C=O) groups excluding carboxylic acids is 1. The van der Waals surface area contributed by atoms with Crippen molar-refractivity contribution in [2.24, 2.45) is 0 Å². The van der Waals surface area contributed by atoms with Gasteiger partial charge >= 0.3 is 5.97 Å². The fourth-order valence-corrected chi connectivity index (χ4v) is 1.90. The predicted molar refractivity (Wildman–Crippen MR) is 63.0 cm³/mol. The summed E-state index contributed by atoms with van der Waals surface area (Å²) in [4.78, 5) is 21.9. The molecule has 0 unspecified atom stereocenters. The van der Waals surface area contributed by atoms with Crippen LogP contribution in [-0.4, -0.2) is 16.9 Å². The summed E-state index contributed by atoms with van der Waals surface area (Å²) in [7, 11) is 0. The van der Waals surface area contributed by atoms with Crippen LogP contribution in [0.5, 0.6) is 0 Å². The zero-order chi connectivity index (χ0) is 11.4. The van der Waals surface area contributed by atoms with E-state index in [4.69, 9.17) is 5.11 Å². The van der Waals surface area contributed by atoms with E-state index in [1.165, 1.54) is 0 Å². The minimum absolute atomic E-state index is 0.0182. The Morgan fingerprint density at radius 2 is 1.87 bits per heavy atom. The Kier molecular flexibility index (Phi) is 4.47. The van der Waals surface area contributed by atoms with Crippen LogP contribution in [-0.2, 0) is 4.79 Å². The number of hydrogen-bond donors (Lipinski definition) is 1. The number of aliphatic carboxylic acids is 1. The second-order valence-electron chi connectivity index (χ2n) is 2.94. The van der Waals surface area contributed by atoms with Crippen molar-refractivity contribution in [3.8, 4) is 0 Å². The summed E-state index contributed by atoms with van der Waals surface area (Å²) in [6.45, 7) is 0. The molecule has 0 aliphatic heterocycles. The molecule has 1 aromatic carbocycles. The Balaban J connectivity index is 2.81. The van der Waals surface area contributed by atoms with E-state index >= 15 is 0 Å². The van der Waals surface area contributed by atoms with Gasteiger partial charge in [-0.05, 0) is 18.2 Å². The van der Waals surface area contributed by atoms with Gasteiger partial charge < -0.3 is 5.11 Å². The summed E-state index contributed by atoms with van der Waals surface area (Å²) in [6, 6.07) is 5.23. The molecule has 0 atom stereocenters. The van der Waals surface area contributed by atoms with E-state index in [0.717, 1.165) is 4.47 Å². The molecule has 0 fully saturated rings. The van der Waals surface area contributed by atoms with Gasteiger partial charge in [0.05, 0.1) is 6.42 Å². The van der Waals surface area contributed by atoms with Gasteiger partial charge in [-0.25, -0.2) is 0 Å². The average Bonchev–Trinajstić information content (AvgIpc) is 2.18. The van der Waals surface area contributed by atoms with Crippen LogP contribution < -0.4 is 0 Å². The molecule has 5 heteroatoms. The molecule has 0 amide bonds. The van der Waals surface area contributed by atoms with Gasteiger partial charge in [0.1, 0.15) is 0 Å². The van der Waals surface area contributed by atoms with E-state index in [2.05, 4.69) is 31.9 Å². The predicted octanol–water partition coefficient (Wildman–Crippen LogP) is 3.26. The molecule has 3 nitrogen and oxygen atoms in total. The normalized spacial score (nSPS) is 10.0. The molecule has 1 rings (SSSR count). The highest BCUT2D eigenvalue weighted by Crippen LogP contribution is 2.23. The van der Waals surface area contributed by atoms with Crippen molar-refractivity contribution in [1.82, 2.24) is 0 Å². The van der Waals surface area contributed by atoms with Crippen molar-refractivity contribution in [3.63, 3.8) is 0 Å². The summed E-state index contributed by atoms with van der Waals surface area (Å²) in [5.41, 5.74) is 0.505. The van der Waals surface area contributed by atoms with Crippen molar-refractivity contribution in [3.05, 3.63) is 32.7 Å². The summed E-state index contributed by atoms with van der Waals surface area (Å²) < 4.78 is 1.48.